The van der Waals surface area contributed by atoms with Crippen molar-refractivity contribution in [3.05, 3.63) is 43.7 Å². The largest absolute Gasteiger partial charge is 0.335 e. The average Bonchev–Trinajstić information content (AvgIpc) is 2.75. The molecule has 21 heavy (non-hydrogen) atoms. The number of rotatable bonds is 4. The Hall–Kier alpha value is -2.39. The molecule has 0 unspecified atom stereocenters. The fourth-order valence-corrected chi connectivity index (χ4v) is 1.85. The van der Waals surface area contributed by atoms with Crippen molar-refractivity contribution >= 4 is 41.1 Å². The minimum absolute atomic E-state index is 0.0295. The summed E-state index contributed by atoms with van der Waals surface area (Å²) >= 11 is 11.8. The van der Waals surface area contributed by atoms with Crippen LogP contribution in [0.15, 0.2) is 17.2 Å². The molecule has 0 radical (unpaired) electrons. The molecule has 0 spiro atoms. The van der Waals surface area contributed by atoms with E-state index in [2.05, 4.69) is 20.7 Å². The summed E-state index contributed by atoms with van der Waals surface area (Å²) in [6, 6.07) is 2.67. The fourth-order valence-electron chi connectivity index (χ4n) is 1.40. The van der Waals surface area contributed by atoms with Gasteiger partial charge in [0.2, 0.25) is 0 Å². The van der Waals surface area contributed by atoms with Gasteiger partial charge in [0.15, 0.2) is 5.82 Å². The summed E-state index contributed by atoms with van der Waals surface area (Å²) in [4.78, 5) is 10.1. The van der Waals surface area contributed by atoms with Crippen LogP contribution >= 0.6 is 23.2 Å². The van der Waals surface area contributed by atoms with E-state index in [0.717, 1.165) is 0 Å². The highest BCUT2D eigenvalue weighted by molar-refractivity contribution is 6.44. The van der Waals surface area contributed by atoms with Crippen molar-refractivity contribution < 1.29 is 4.92 Å². The summed E-state index contributed by atoms with van der Waals surface area (Å²) < 4.78 is 1.21. The zero-order valence-corrected chi connectivity index (χ0v) is 12.1. The van der Waals surface area contributed by atoms with Crippen LogP contribution in [0.4, 0.5) is 11.6 Å². The van der Waals surface area contributed by atoms with Crippen LogP contribution in [0, 0.1) is 17.0 Å². The molecule has 0 aliphatic carbocycles. The van der Waals surface area contributed by atoms with Gasteiger partial charge in [-0.1, -0.05) is 23.2 Å². The van der Waals surface area contributed by atoms with Crippen LogP contribution in [0.1, 0.15) is 11.4 Å². The second kappa shape index (κ2) is 5.94. The number of nitrogens with zero attached hydrogens (tertiary/aromatic N) is 5. The third-order valence-corrected chi connectivity index (χ3v) is 3.41. The minimum Gasteiger partial charge on any atom is -0.335 e. The number of hydrogen-bond acceptors (Lipinski definition) is 7. The van der Waals surface area contributed by atoms with E-state index in [0.29, 0.717) is 11.4 Å². The van der Waals surface area contributed by atoms with E-state index >= 15 is 0 Å². The number of nitro benzene ring substituents is 1. The number of aryl methyl sites for hydroxylation is 1. The molecular weight excluding hydrogens is 321 g/mol. The van der Waals surface area contributed by atoms with E-state index in [1.54, 1.807) is 6.92 Å². The molecule has 2 rings (SSSR count). The monoisotopic (exact) mass is 329 g/mol. The first-order valence-corrected chi connectivity index (χ1v) is 6.26. The predicted molar refractivity (Wildman–Crippen MR) is 79.2 cm³/mol. The molecule has 0 fully saturated rings. The minimum atomic E-state index is -0.618. The number of aromatic nitrogens is 3. The van der Waals surface area contributed by atoms with E-state index in [4.69, 9.17) is 29.0 Å². The van der Waals surface area contributed by atoms with Gasteiger partial charge in [-0.2, -0.15) is 5.10 Å². The van der Waals surface area contributed by atoms with Gasteiger partial charge in [-0.15, -0.1) is 10.2 Å². The molecule has 9 nitrogen and oxygen atoms in total. The third kappa shape index (κ3) is 3.03. The van der Waals surface area contributed by atoms with Crippen LogP contribution in [0.5, 0.6) is 0 Å². The molecule has 1 heterocycles. The summed E-state index contributed by atoms with van der Waals surface area (Å²) in [6.45, 7) is 1.68. The highest BCUT2D eigenvalue weighted by Crippen LogP contribution is 2.33. The van der Waals surface area contributed by atoms with E-state index in [1.807, 2.05) is 0 Å². The molecule has 1 aromatic carbocycles. The van der Waals surface area contributed by atoms with Crippen molar-refractivity contribution in [1.29, 1.82) is 0 Å². The molecule has 0 saturated heterocycles. The quantitative estimate of drug-likeness (QED) is 0.382. The maximum Gasteiger partial charge on any atom is 0.289 e. The normalized spacial score (nSPS) is 11.0. The Bertz CT molecular complexity index is 728. The standard InChI is InChI=1S/C10H9Cl2N7O2/c1-5-15-17-10(18(5)13)16-14-4-6-2-3-7(19(20)21)9(12)8(6)11/h2-4H,13H2,1H3,(H,16,17)/b14-4-. The molecular formula is C10H9Cl2N7O2. The molecule has 3 N–H and O–H groups in total. The van der Waals surface area contributed by atoms with Crippen LogP contribution in [0.25, 0.3) is 0 Å². The molecule has 11 heteroatoms. The van der Waals surface area contributed by atoms with Crippen molar-refractivity contribution in [2.75, 3.05) is 11.3 Å². The van der Waals surface area contributed by atoms with Gasteiger partial charge in [-0.3, -0.25) is 10.1 Å². The topological polar surface area (TPSA) is 124 Å². The SMILES string of the molecule is Cc1nnc(N/N=C\c2ccc([N+](=O)[O-])c(Cl)c2Cl)n1N. The number of nitrogens with one attached hydrogen (secondary N) is 1. The molecule has 0 aliphatic heterocycles. The van der Waals surface area contributed by atoms with Crippen molar-refractivity contribution in [3.63, 3.8) is 0 Å². The Kier molecular flexibility index (Phi) is 4.24. The Labute approximate surface area is 128 Å². The van der Waals surface area contributed by atoms with Crippen LogP contribution in [-0.4, -0.2) is 26.0 Å². The summed E-state index contributed by atoms with van der Waals surface area (Å²) in [5.74, 6) is 6.36. The number of hydrogen-bond donors (Lipinski definition) is 2. The average molecular weight is 330 g/mol. The first-order valence-electron chi connectivity index (χ1n) is 5.50. The number of nitrogen functional groups attached to an aromatic ring is 1. The Balaban J connectivity index is 2.20. The zero-order valence-electron chi connectivity index (χ0n) is 10.6. The van der Waals surface area contributed by atoms with Gasteiger partial charge < -0.3 is 5.84 Å². The molecule has 0 saturated carbocycles. The number of nitrogens with two attached hydrogens (primary N) is 1. The number of anilines is 1. The smallest absolute Gasteiger partial charge is 0.289 e. The van der Waals surface area contributed by atoms with Gasteiger partial charge in [0.05, 0.1) is 16.2 Å². The summed E-state index contributed by atoms with van der Waals surface area (Å²) in [7, 11) is 0. The van der Waals surface area contributed by atoms with Gasteiger partial charge in [0.1, 0.15) is 5.02 Å². The Morgan fingerprint density at radius 1 is 1.43 bits per heavy atom. The van der Waals surface area contributed by atoms with Crippen molar-refractivity contribution in [1.82, 2.24) is 14.9 Å². The molecule has 110 valence electrons. The number of nitro groups is 1. The lowest BCUT2D eigenvalue weighted by Gasteiger charge is -2.02. The highest BCUT2D eigenvalue weighted by Gasteiger charge is 2.17. The van der Waals surface area contributed by atoms with Crippen LogP contribution in [-0.2, 0) is 0 Å². The lowest BCUT2D eigenvalue weighted by Crippen LogP contribution is -2.13. The van der Waals surface area contributed by atoms with Gasteiger partial charge in [-0.05, 0) is 13.0 Å². The maximum absolute atomic E-state index is 10.7. The Morgan fingerprint density at radius 3 is 2.71 bits per heavy atom. The van der Waals surface area contributed by atoms with Gasteiger partial charge in [-0.25, -0.2) is 10.1 Å². The van der Waals surface area contributed by atoms with Crippen molar-refractivity contribution in [2.24, 2.45) is 5.10 Å². The van der Waals surface area contributed by atoms with Crippen molar-refractivity contribution in [3.8, 4) is 0 Å². The second-order valence-electron chi connectivity index (χ2n) is 3.87. The molecule has 0 atom stereocenters. The van der Waals surface area contributed by atoms with E-state index in [1.165, 1.54) is 23.0 Å². The zero-order chi connectivity index (χ0) is 15.6. The van der Waals surface area contributed by atoms with Gasteiger partial charge in [0, 0.05) is 11.6 Å². The van der Waals surface area contributed by atoms with Gasteiger partial charge >= 0.3 is 0 Å². The number of halogens is 2. The van der Waals surface area contributed by atoms with Crippen LogP contribution in [0.3, 0.4) is 0 Å². The van der Waals surface area contributed by atoms with E-state index < -0.39 is 4.92 Å². The second-order valence-corrected chi connectivity index (χ2v) is 4.63. The summed E-state index contributed by atoms with van der Waals surface area (Å²) in [6.07, 6.45) is 1.34. The molecule has 0 amide bonds. The molecule has 0 bridgehead atoms. The molecule has 2 aromatic rings. The maximum atomic E-state index is 10.7. The fraction of sp³-hybridized carbons (Fsp3) is 0.100. The molecule has 0 aliphatic rings. The van der Waals surface area contributed by atoms with Crippen molar-refractivity contribution in [2.45, 2.75) is 6.92 Å². The van der Waals surface area contributed by atoms with Crippen LogP contribution in [0.2, 0.25) is 10.0 Å². The predicted octanol–water partition coefficient (Wildman–Crippen LogP) is 1.96. The summed E-state index contributed by atoms with van der Waals surface area (Å²) in [5, 5.41) is 21.9. The highest BCUT2D eigenvalue weighted by atomic mass is 35.5. The number of hydrazone groups is 1. The Morgan fingerprint density at radius 2 is 2.14 bits per heavy atom. The van der Waals surface area contributed by atoms with Gasteiger partial charge in [0.25, 0.3) is 11.6 Å². The molecule has 1 aromatic heterocycles. The first kappa shape index (κ1) is 15.0. The van der Waals surface area contributed by atoms with Crippen LogP contribution < -0.4 is 11.3 Å². The van der Waals surface area contributed by atoms with E-state index in [9.17, 15) is 10.1 Å². The first-order chi connectivity index (χ1) is 9.91. The summed E-state index contributed by atoms with van der Waals surface area (Å²) in [5.41, 5.74) is 2.69. The van der Waals surface area contributed by atoms with E-state index in [-0.39, 0.29) is 21.7 Å². The number of benzene rings is 1. The third-order valence-electron chi connectivity index (χ3n) is 2.52. The lowest BCUT2D eigenvalue weighted by atomic mass is 10.2. The lowest BCUT2D eigenvalue weighted by molar-refractivity contribution is -0.384.